The van der Waals surface area contributed by atoms with Crippen LogP contribution in [0.3, 0.4) is 0 Å². The maximum absolute atomic E-state index is 12.4. The molecule has 0 aromatic heterocycles. The van der Waals surface area contributed by atoms with Crippen molar-refractivity contribution in [3.05, 3.63) is 29.8 Å². The molecule has 0 atom stereocenters. The summed E-state index contributed by atoms with van der Waals surface area (Å²) >= 11 is 0. The maximum Gasteiger partial charge on any atom is 0.488 e. The molecular weight excluding hydrogens is 291 g/mol. The van der Waals surface area contributed by atoms with Gasteiger partial charge >= 0.3 is 10.5 Å². The zero-order chi connectivity index (χ0) is 14.8. The summed E-state index contributed by atoms with van der Waals surface area (Å²) in [6.45, 7) is 0. The Morgan fingerprint density at radius 3 is 2.70 bits per heavy atom. The highest BCUT2D eigenvalue weighted by atomic mass is 32.3. The van der Waals surface area contributed by atoms with Gasteiger partial charge in [0.1, 0.15) is 5.75 Å². The van der Waals surface area contributed by atoms with Crippen LogP contribution < -0.4 is 15.4 Å². The lowest BCUT2D eigenvalue weighted by atomic mass is 9.89. The van der Waals surface area contributed by atoms with Crippen LogP contribution in [-0.4, -0.2) is 26.5 Å². The molecule has 1 aliphatic carbocycles. The van der Waals surface area contributed by atoms with Crippen LogP contribution in [0.1, 0.15) is 23.2 Å². The molecule has 1 aromatic rings. The van der Waals surface area contributed by atoms with Crippen molar-refractivity contribution >= 4 is 16.4 Å². The van der Waals surface area contributed by atoms with E-state index in [-0.39, 0.29) is 23.5 Å². The van der Waals surface area contributed by atoms with Crippen LogP contribution in [0, 0.1) is 0 Å². The Morgan fingerprint density at radius 2 is 2.10 bits per heavy atom. The highest BCUT2D eigenvalue weighted by molar-refractivity contribution is 7.81. The molecular formula is C11H13FN2O5S. The largest absolute Gasteiger partial charge is 0.488 e. The molecule has 0 spiro atoms. The summed E-state index contributed by atoms with van der Waals surface area (Å²) in [5.41, 5.74) is 0.170. The van der Waals surface area contributed by atoms with E-state index in [0.29, 0.717) is 12.8 Å². The van der Waals surface area contributed by atoms with Gasteiger partial charge in [0.25, 0.3) is 5.91 Å². The van der Waals surface area contributed by atoms with Gasteiger partial charge in [-0.05, 0) is 31.0 Å². The summed E-state index contributed by atoms with van der Waals surface area (Å²) in [7, 11) is -5.11. The fourth-order valence-electron chi connectivity index (χ4n) is 1.87. The fourth-order valence-corrected chi connectivity index (χ4v) is 2.20. The van der Waals surface area contributed by atoms with Crippen molar-refractivity contribution in [2.45, 2.75) is 25.0 Å². The van der Waals surface area contributed by atoms with Crippen molar-refractivity contribution in [1.82, 2.24) is 5.32 Å². The number of nitrogens with two attached hydrogens (primary N) is 1. The highest BCUT2D eigenvalue weighted by Gasteiger charge is 2.31. The number of amides is 1. The molecule has 1 aromatic carbocycles. The van der Waals surface area contributed by atoms with Gasteiger partial charge in [0.05, 0.1) is 6.10 Å². The Hall–Kier alpha value is -1.71. The van der Waals surface area contributed by atoms with E-state index in [1.165, 1.54) is 18.2 Å². The average Bonchev–Trinajstić information content (AvgIpc) is 2.31. The third-order valence-corrected chi connectivity index (χ3v) is 3.31. The third-order valence-electron chi connectivity index (χ3n) is 2.91. The summed E-state index contributed by atoms with van der Waals surface area (Å²) < 4.78 is 37.2. The molecule has 1 fully saturated rings. The summed E-state index contributed by atoms with van der Waals surface area (Å²) in [5, 5.41) is 2.71. The molecule has 7 nitrogen and oxygen atoms in total. The summed E-state index contributed by atoms with van der Waals surface area (Å²) in [6, 6.07) is 5.17. The first-order chi connectivity index (χ1) is 9.37. The molecule has 0 heterocycles. The van der Waals surface area contributed by atoms with Gasteiger partial charge < -0.3 is 14.3 Å². The zero-order valence-corrected chi connectivity index (χ0v) is 11.1. The lowest BCUT2D eigenvalue weighted by molar-refractivity contribution is -0.0165. The van der Waals surface area contributed by atoms with Gasteiger partial charge in [0.2, 0.25) is 0 Å². The number of hydrogen-bond acceptors (Lipinski definition) is 6. The van der Waals surface area contributed by atoms with Gasteiger partial charge in [0, 0.05) is 11.6 Å². The Morgan fingerprint density at radius 1 is 1.40 bits per heavy atom. The van der Waals surface area contributed by atoms with Crippen LogP contribution in [0.2, 0.25) is 0 Å². The molecule has 110 valence electrons. The molecule has 2 rings (SSSR count). The number of carbonyl (C=O) groups excluding carboxylic acids is 1. The van der Waals surface area contributed by atoms with E-state index in [0.717, 1.165) is 6.07 Å². The van der Waals surface area contributed by atoms with Crippen LogP contribution in [0.4, 0.5) is 3.89 Å². The number of nitrogens with one attached hydrogen (secondary N) is 1. The monoisotopic (exact) mass is 304 g/mol. The smallest absolute Gasteiger partial charge is 0.358 e. The minimum absolute atomic E-state index is 0.0504. The molecule has 20 heavy (non-hydrogen) atoms. The molecule has 1 aliphatic rings. The first kappa shape index (κ1) is 14.7. The SMILES string of the molecule is NOC1CC(NC(=O)c2cccc(OS(=O)(=O)F)c2)C1. The molecule has 0 aliphatic heterocycles. The van der Waals surface area contributed by atoms with Gasteiger partial charge in [-0.1, -0.05) is 9.95 Å². The molecule has 3 N–H and O–H groups in total. The Labute approximate surface area is 115 Å². The van der Waals surface area contributed by atoms with E-state index in [1.807, 2.05) is 0 Å². The molecule has 0 bridgehead atoms. The second kappa shape index (κ2) is 5.73. The quantitative estimate of drug-likeness (QED) is 0.603. The van der Waals surface area contributed by atoms with Crippen LogP contribution in [0.25, 0.3) is 0 Å². The van der Waals surface area contributed by atoms with Gasteiger partial charge in [-0.2, -0.15) is 8.42 Å². The van der Waals surface area contributed by atoms with Crippen molar-refractivity contribution in [2.75, 3.05) is 0 Å². The number of rotatable bonds is 5. The van der Waals surface area contributed by atoms with Crippen LogP contribution in [-0.2, 0) is 15.3 Å². The van der Waals surface area contributed by atoms with E-state index in [1.54, 1.807) is 0 Å². The number of benzene rings is 1. The lowest BCUT2D eigenvalue weighted by Gasteiger charge is -2.33. The lowest BCUT2D eigenvalue weighted by Crippen LogP contribution is -2.48. The molecule has 0 saturated heterocycles. The summed E-state index contributed by atoms with van der Waals surface area (Å²) in [4.78, 5) is 16.5. The first-order valence-corrected chi connectivity index (χ1v) is 7.09. The van der Waals surface area contributed by atoms with Crippen LogP contribution in [0.15, 0.2) is 24.3 Å². The molecule has 9 heteroatoms. The van der Waals surface area contributed by atoms with E-state index < -0.39 is 16.4 Å². The van der Waals surface area contributed by atoms with Crippen molar-refractivity contribution in [2.24, 2.45) is 5.90 Å². The summed E-state index contributed by atoms with van der Waals surface area (Å²) in [6.07, 6.45) is 1.15. The number of hydrogen-bond donors (Lipinski definition) is 2. The normalized spacial score (nSPS) is 21.9. The topological polar surface area (TPSA) is 108 Å². The predicted octanol–water partition coefficient (Wildman–Crippen LogP) is 0.431. The van der Waals surface area contributed by atoms with Crippen molar-refractivity contribution in [3.8, 4) is 5.75 Å². The third kappa shape index (κ3) is 3.89. The van der Waals surface area contributed by atoms with Crippen molar-refractivity contribution in [1.29, 1.82) is 0 Å². The molecule has 1 amide bonds. The second-order valence-corrected chi connectivity index (χ2v) is 5.36. The molecule has 0 unspecified atom stereocenters. The Bertz CT molecular complexity index is 601. The zero-order valence-electron chi connectivity index (χ0n) is 10.3. The summed E-state index contributed by atoms with van der Waals surface area (Å²) in [5.74, 6) is 4.32. The van der Waals surface area contributed by atoms with E-state index in [4.69, 9.17) is 5.90 Å². The second-order valence-electron chi connectivity index (χ2n) is 4.40. The Kier molecular flexibility index (Phi) is 4.21. The first-order valence-electron chi connectivity index (χ1n) is 5.78. The van der Waals surface area contributed by atoms with E-state index in [9.17, 15) is 17.1 Å². The van der Waals surface area contributed by atoms with Crippen molar-refractivity contribution < 1.29 is 26.1 Å². The minimum Gasteiger partial charge on any atom is -0.358 e. The highest BCUT2D eigenvalue weighted by Crippen LogP contribution is 2.23. The molecule has 1 saturated carbocycles. The van der Waals surface area contributed by atoms with E-state index in [2.05, 4.69) is 14.3 Å². The van der Waals surface area contributed by atoms with Crippen molar-refractivity contribution in [3.63, 3.8) is 0 Å². The standard InChI is InChI=1S/C11H13FN2O5S/c12-20(16,17)19-9-3-1-2-7(4-9)11(15)14-8-5-10(6-8)18-13/h1-4,8,10H,5-6,13H2,(H,14,15). The predicted molar refractivity (Wildman–Crippen MR) is 66.6 cm³/mol. The van der Waals surface area contributed by atoms with Gasteiger partial charge in [-0.15, -0.1) is 0 Å². The fraction of sp³-hybridized carbons (Fsp3) is 0.364. The van der Waals surface area contributed by atoms with E-state index >= 15 is 0 Å². The average molecular weight is 304 g/mol. The van der Waals surface area contributed by atoms with Gasteiger partial charge in [-0.25, -0.2) is 5.90 Å². The van der Waals surface area contributed by atoms with Crippen LogP contribution in [0.5, 0.6) is 5.75 Å². The number of carbonyl (C=O) groups is 1. The van der Waals surface area contributed by atoms with Crippen LogP contribution >= 0.6 is 0 Å². The van der Waals surface area contributed by atoms with Gasteiger partial charge in [0.15, 0.2) is 0 Å². The number of halogens is 1. The Balaban J connectivity index is 1.98. The van der Waals surface area contributed by atoms with Gasteiger partial charge in [-0.3, -0.25) is 4.79 Å². The minimum atomic E-state index is -5.11. The molecule has 0 radical (unpaired) electrons. The maximum atomic E-state index is 12.4.